The van der Waals surface area contributed by atoms with E-state index in [-0.39, 0.29) is 12.1 Å². The minimum atomic E-state index is -0.351. The lowest BCUT2D eigenvalue weighted by atomic mass is 10.1. The standard InChI is InChI=1S/C15H24N2O2/c1-4-17(5-2)14(12-16-15(18)19-6-3)13-10-8-7-9-11-13/h7-11,14H,4-6,12H2,1-3H3,(H,16,18). The summed E-state index contributed by atoms with van der Waals surface area (Å²) in [5.41, 5.74) is 1.21. The molecular weight excluding hydrogens is 240 g/mol. The molecule has 1 unspecified atom stereocenters. The molecule has 0 fully saturated rings. The number of hydrogen-bond donors (Lipinski definition) is 1. The smallest absolute Gasteiger partial charge is 0.407 e. The highest BCUT2D eigenvalue weighted by molar-refractivity contribution is 5.67. The number of benzene rings is 1. The maximum atomic E-state index is 11.4. The first-order valence-electron chi connectivity index (χ1n) is 6.92. The Labute approximate surface area is 115 Å². The number of hydrogen-bond acceptors (Lipinski definition) is 3. The topological polar surface area (TPSA) is 41.6 Å². The van der Waals surface area contributed by atoms with Gasteiger partial charge in [0.2, 0.25) is 0 Å². The monoisotopic (exact) mass is 264 g/mol. The molecule has 0 aromatic heterocycles. The summed E-state index contributed by atoms with van der Waals surface area (Å²) in [5.74, 6) is 0. The SMILES string of the molecule is CCOC(=O)NCC(c1ccccc1)N(CC)CC. The molecule has 0 heterocycles. The zero-order valence-corrected chi connectivity index (χ0v) is 12.1. The third-order valence-corrected chi connectivity index (χ3v) is 3.15. The molecule has 0 bridgehead atoms. The molecular formula is C15H24N2O2. The van der Waals surface area contributed by atoms with Crippen molar-refractivity contribution in [3.8, 4) is 0 Å². The average molecular weight is 264 g/mol. The number of amides is 1. The molecule has 1 atom stereocenters. The van der Waals surface area contributed by atoms with Gasteiger partial charge in [-0.15, -0.1) is 0 Å². The Morgan fingerprint density at radius 1 is 1.21 bits per heavy atom. The zero-order valence-electron chi connectivity index (χ0n) is 12.1. The van der Waals surface area contributed by atoms with Crippen LogP contribution in [0.25, 0.3) is 0 Å². The van der Waals surface area contributed by atoms with E-state index in [9.17, 15) is 4.79 Å². The molecule has 106 valence electrons. The van der Waals surface area contributed by atoms with Crippen LogP contribution in [0.3, 0.4) is 0 Å². The number of carbonyl (C=O) groups excluding carboxylic acids is 1. The number of ether oxygens (including phenoxy) is 1. The van der Waals surface area contributed by atoms with Crippen molar-refractivity contribution in [3.63, 3.8) is 0 Å². The Balaban J connectivity index is 2.73. The average Bonchev–Trinajstić information content (AvgIpc) is 2.44. The van der Waals surface area contributed by atoms with Crippen LogP contribution in [0, 0.1) is 0 Å². The van der Waals surface area contributed by atoms with Gasteiger partial charge in [0.25, 0.3) is 0 Å². The largest absolute Gasteiger partial charge is 0.450 e. The van der Waals surface area contributed by atoms with Crippen molar-refractivity contribution in [2.75, 3.05) is 26.2 Å². The van der Waals surface area contributed by atoms with E-state index in [2.05, 4.69) is 36.2 Å². The van der Waals surface area contributed by atoms with E-state index in [0.717, 1.165) is 13.1 Å². The van der Waals surface area contributed by atoms with Crippen molar-refractivity contribution in [1.29, 1.82) is 0 Å². The number of rotatable bonds is 7. The quantitative estimate of drug-likeness (QED) is 0.823. The lowest BCUT2D eigenvalue weighted by Crippen LogP contribution is -2.38. The van der Waals surface area contributed by atoms with Crippen LogP contribution in [0.2, 0.25) is 0 Å². The van der Waals surface area contributed by atoms with Crippen LogP contribution < -0.4 is 5.32 Å². The molecule has 1 aromatic rings. The van der Waals surface area contributed by atoms with Gasteiger partial charge in [-0.05, 0) is 25.6 Å². The van der Waals surface area contributed by atoms with Crippen LogP contribution in [-0.2, 0) is 4.74 Å². The van der Waals surface area contributed by atoms with Gasteiger partial charge in [-0.3, -0.25) is 4.90 Å². The Hall–Kier alpha value is -1.55. The molecule has 1 amide bonds. The van der Waals surface area contributed by atoms with Crippen molar-refractivity contribution in [2.24, 2.45) is 0 Å². The van der Waals surface area contributed by atoms with Crippen molar-refractivity contribution in [3.05, 3.63) is 35.9 Å². The van der Waals surface area contributed by atoms with Gasteiger partial charge in [0.15, 0.2) is 0 Å². The second-order valence-electron chi connectivity index (χ2n) is 4.25. The molecule has 1 aromatic carbocycles. The summed E-state index contributed by atoms with van der Waals surface area (Å²) >= 11 is 0. The first-order valence-corrected chi connectivity index (χ1v) is 6.92. The summed E-state index contributed by atoms with van der Waals surface area (Å²) < 4.78 is 4.91. The maximum absolute atomic E-state index is 11.4. The second-order valence-corrected chi connectivity index (χ2v) is 4.25. The summed E-state index contributed by atoms with van der Waals surface area (Å²) in [5, 5.41) is 2.83. The van der Waals surface area contributed by atoms with Gasteiger partial charge in [0.05, 0.1) is 12.6 Å². The lowest BCUT2D eigenvalue weighted by molar-refractivity contribution is 0.144. The fraction of sp³-hybridized carbons (Fsp3) is 0.533. The van der Waals surface area contributed by atoms with Crippen LogP contribution in [0.5, 0.6) is 0 Å². The summed E-state index contributed by atoms with van der Waals surface area (Å²) in [7, 11) is 0. The maximum Gasteiger partial charge on any atom is 0.407 e. The lowest BCUT2D eigenvalue weighted by Gasteiger charge is -2.30. The summed E-state index contributed by atoms with van der Waals surface area (Å²) in [6.45, 7) is 8.91. The Morgan fingerprint density at radius 2 is 1.84 bits per heavy atom. The molecule has 4 nitrogen and oxygen atoms in total. The Bertz CT molecular complexity index is 364. The van der Waals surface area contributed by atoms with Gasteiger partial charge in [0, 0.05) is 6.54 Å². The van der Waals surface area contributed by atoms with Crippen LogP contribution in [-0.4, -0.2) is 37.2 Å². The summed E-state index contributed by atoms with van der Waals surface area (Å²) in [6.07, 6.45) is -0.351. The van der Waals surface area contributed by atoms with Gasteiger partial charge in [0.1, 0.15) is 0 Å². The van der Waals surface area contributed by atoms with Crippen molar-refractivity contribution in [1.82, 2.24) is 10.2 Å². The fourth-order valence-electron chi connectivity index (χ4n) is 2.16. The van der Waals surface area contributed by atoms with Crippen molar-refractivity contribution >= 4 is 6.09 Å². The highest BCUT2D eigenvalue weighted by atomic mass is 16.5. The van der Waals surface area contributed by atoms with E-state index in [0.29, 0.717) is 13.2 Å². The molecule has 1 rings (SSSR count). The van der Waals surface area contributed by atoms with Gasteiger partial charge >= 0.3 is 6.09 Å². The molecule has 0 saturated carbocycles. The molecule has 4 heteroatoms. The Kier molecular flexibility index (Phi) is 6.97. The first-order chi connectivity index (χ1) is 9.22. The molecule has 0 aliphatic carbocycles. The number of carbonyl (C=O) groups is 1. The van der Waals surface area contributed by atoms with Crippen LogP contribution in [0.1, 0.15) is 32.4 Å². The van der Waals surface area contributed by atoms with Gasteiger partial charge < -0.3 is 10.1 Å². The van der Waals surface area contributed by atoms with E-state index < -0.39 is 0 Å². The normalized spacial score (nSPS) is 12.2. The minimum absolute atomic E-state index is 0.181. The molecule has 19 heavy (non-hydrogen) atoms. The predicted octanol–water partition coefficient (Wildman–Crippen LogP) is 2.82. The first kappa shape index (κ1) is 15.5. The van der Waals surface area contributed by atoms with Gasteiger partial charge in [-0.2, -0.15) is 0 Å². The van der Waals surface area contributed by atoms with Crippen LogP contribution in [0.15, 0.2) is 30.3 Å². The zero-order chi connectivity index (χ0) is 14.1. The highest BCUT2D eigenvalue weighted by Crippen LogP contribution is 2.19. The third-order valence-electron chi connectivity index (χ3n) is 3.15. The van der Waals surface area contributed by atoms with E-state index in [1.807, 2.05) is 18.2 Å². The molecule has 0 aliphatic rings. The molecule has 1 N–H and O–H groups in total. The van der Waals surface area contributed by atoms with Crippen LogP contribution in [0.4, 0.5) is 4.79 Å². The van der Waals surface area contributed by atoms with Gasteiger partial charge in [-0.25, -0.2) is 4.79 Å². The Morgan fingerprint density at radius 3 is 2.37 bits per heavy atom. The van der Waals surface area contributed by atoms with E-state index in [1.54, 1.807) is 6.92 Å². The van der Waals surface area contributed by atoms with Crippen molar-refractivity contribution in [2.45, 2.75) is 26.8 Å². The molecule has 0 saturated heterocycles. The summed E-state index contributed by atoms with van der Waals surface area (Å²) in [4.78, 5) is 13.7. The number of likely N-dealkylation sites (N-methyl/N-ethyl adjacent to an activating group) is 1. The van der Waals surface area contributed by atoms with Crippen LogP contribution >= 0.6 is 0 Å². The minimum Gasteiger partial charge on any atom is -0.450 e. The predicted molar refractivity (Wildman–Crippen MR) is 77.1 cm³/mol. The third kappa shape index (κ3) is 4.91. The highest BCUT2D eigenvalue weighted by Gasteiger charge is 2.18. The van der Waals surface area contributed by atoms with E-state index >= 15 is 0 Å². The molecule has 0 spiro atoms. The van der Waals surface area contributed by atoms with Gasteiger partial charge in [-0.1, -0.05) is 44.2 Å². The molecule has 0 radical (unpaired) electrons. The number of nitrogens with zero attached hydrogens (tertiary/aromatic N) is 1. The number of nitrogens with one attached hydrogen (secondary N) is 1. The van der Waals surface area contributed by atoms with Crippen molar-refractivity contribution < 1.29 is 9.53 Å². The second kappa shape index (κ2) is 8.53. The number of alkyl carbamates (subject to hydrolysis) is 1. The molecule has 0 aliphatic heterocycles. The van der Waals surface area contributed by atoms with E-state index in [4.69, 9.17) is 4.74 Å². The van der Waals surface area contributed by atoms with E-state index in [1.165, 1.54) is 5.56 Å². The summed E-state index contributed by atoms with van der Waals surface area (Å²) in [6, 6.07) is 10.4. The fourth-order valence-corrected chi connectivity index (χ4v) is 2.16.